The van der Waals surface area contributed by atoms with Gasteiger partial charge in [0.15, 0.2) is 0 Å². The zero-order valence-electron chi connectivity index (χ0n) is 15.0. The topological polar surface area (TPSA) is 53.4 Å². The molecule has 26 heavy (non-hydrogen) atoms. The summed E-state index contributed by atoms with van der Waals surface area (Å²) in [6.07, 6.45) is 3.78. The molecule has 4 heteroatoms. The van der Waals surface area contributed by atoms with Crippen molar-refractivity contribution in [2.75, 3.05) is 13.1 Å². The van der Waals surface area contributed by atoms with Crippen LogP contribution in [0.5, 0.6) is 0 Å². The average Bonchev–Trinajstić information content (AvgIpc) is 2.68. The van der Waals surface area contributed by atoms with Crippen molar-refractivity contribution in [3.63, 3.8) is 0 Å². The molecule has 1 aromatic heterocycles. The minimum atomic E-state index is -0.726. The van der Waals surface area contributed by atoms with Gasteiger partial charge >= 0.3 is 0 Å². The number of hydrogen-bond donors (Lipinski definition) is 1. The third-order valence-electron chi connectivity index (χ3n) is 4.48. The lowest BCUT2D eigenvalue weighted by Gasteiger charge is -2.25. The average molecular weight is 348 g/mol. The molecule has 3 aromatic rings. The van der Waals surface area contributed by atoms with Gasteiger partial charge in [-0.1, -0.05) is 55.5 Å². The molecular weight excluding hydrogens is 324 g/mol. The fourth-order valence-corrected chi connectivity index (χ4v) is 3.11. The highest BCUT2D eigenvalue weighted by Crippen LogP contribution is 2.18. The number of carbonyl (C=O) groups excluding carboxylic acids is 1. The molecule has 0 aliphatic rings. The van der Waals surface area contributed by atoms with Crippen LogP contribution in [0.3, 0.4) is 0 Å². The van der Waals surface area contributed by atoms with E-state index in [1.807, 2.05) is 37.3 Å². The minimum absolute atomic E-state index is 0.0325. The van der Waals surface area contributed by atoms with Crippen LogP contribution in [0.4, 0.5) is 0 Å². The smallest absolute Gasteiger partial charge is 0.227 e. The number of aromatic nitrogens is 1. The summed E-state index contributed by atoms with van der Waals surface area (Å²) in [6, 6.07) is 17.9. The maximum absolute atomic E-state index is 12.8. The summed E-state index contributed by atoms with van der Waals surface area (Å²) in [5, 5.41) is 12.7. The number of carbonyl (C=O) groups is 1. The van der Waals surface area contributed by atoms with E-state index in [0.29, 0.717) is 13.0 Å². The van der Waals surface area contributed by atoms with Gasteiger partial charge in [0.2, 0.25) is 5.91 Å². The van der Waals surface area contributed by atoms with E-state index in [1.165, 1.54) is 5.39 Å². The molecule has 0 aliphatic heterocycles. The van der Waals surface area contributed by atoms with Crippen molar-refractivity contribution in [1.82, 2.24) is 9.88 Å². The van der Waals surface area contributed by atoms with Gasteiger partial charge in [0, 0.05) is 24.5 Å². The molecule has 3 rings (SSSR count). The van der Waals surface area contributed by atoms with Gasteiger partial charge in [-0.15, -0.1) is 0 Å². The highest BCUT2D eigenvalue weighted by Gasteiger charge is 2.18. The van der Waals surface area contributed by atoms with Crippen molar-refractivity contribution in [2.24, 2.45) is 0 Å². The first kappa shape index (κ1) is 18.1. The number of nitrogens with zero attached hydrogens (tertiary/aromatic N) is 2. The quantitative estimate of drug-likeness (QED) is 0.707. The summed E-state index contributed by atoms with van der Waals surface area (Å²) >= 11 is 0. The van der Waals surface area contributed by atoms with E-state index in [4.69, 9.17) is 0 Å². The molecule has 2 aromatic carbocycles. The first-order valence-electron chi connectivity index (χ1n) is 9.01. The largest absolute Gasteiger partial charge is 0.386 e. The molecule has 0 fully saturated rings. The molecule has 0 unspecified atom stereocenters. The molecule has 1 atom stereocenters. The van der Waals surface area contributed by atoms with Crippen LogP contribution in [0.1, 0.15) is 30.6 Å². The maximum atomic E-state index is 12.8. The van der Waals surface area contributed by atoms with E-state index in [9.17, 15) is 9.90 Å². The second-order valence-corrected chi connectivity index (χ2v) is 6.50. The fourth-order valence-electron chi connectivity index (χ4n) is 3.11. The summed E-state index contributed by atoms with van der Waals surface area (Å²) in [5.41, 5.74) is 1.72. The number of aliphatic hydroxyl groups is 1. The van der Waals surface area contributed by atoms with Crippen molar-refractivity contribution in [2.45, 2.75) is 25.9 Å². The zero-order valence-corrected chi connectivity index (χ0v) is 15.0. The molecule has 0 spiro atoms. The Morgan fingerprint density at radius 1 is 1.12 bits per heavy atom. The molecule has 1 heterocycles. The third kappa shape index (κ3) is 4.46. The van der Waals surface area contributed by atoms with Gasteiger partial charge in [-0.2, -0.15) is 0 Å². The number of benzene rings is 2. The summed E-state index contributed by atoms with van der Waals surface area (Å²) in [6.45, 7) is 2.95. The molecule has 0 aliphatic carbocycles. The third-order valence-corrected chi connectivity index (χ3v) is 4.48. The highest BCUT2D eigenvalue weighted by molar-refractivity contribution is 5.85. The van der Waals surface area contributed by atoms with Crippen molar-refractivity contribution >= 4 is 16.7 Å². The van der Waals surface area contributed by atoms with Crippen molar-refractivity contribution < 1.29 is 9.90 Å². The predicted octanol–water partition coefficient (Wildman–Crippen LogP) is 3.75. The van der Waals surface area contributed by atoms with E-state index in [2.05, 4.69) is 23.2 Å². The van der Waals surface area contributed by atoms with E-state index in [0.717, 1.165) is 22.9 Å². The monoisotopic (exact) mass is 348 g/mol. The molecule has 0 radical (unpaired) electrons. The second kappa shape index (κ2) is 8.59. The Labute approximate surface area is 154 Å². The van der Waals surface area contributed by atoms with Crippen LogP contribution in [0.25, 0.3) is 10.8 Å². The lowest BCUT2D eigenvalue weighted by atomic mass is 10.0. The summed E-state index contributed by atoms with van der Waals surface area (Å²) in [5.74, 6) is 0.0325. The zero-order chi connectivity index (χ0) is 18.4. The first-order valence-corrected chi connectivity index (χ1v) is 9.01. The number of pyridine rings is 1. The van der Waals surface area contributed by atoms with Crippen LogP contribution in [-0.4, -0.2) is 34.0 Å². The normalized spacial score (nSPS) is 12.1. The molecule has 1 amide bonds. The Bertz CT molecular complexity index is 864. The van der Waals surface area contributed by atoms with Gasteiger partial charge in [0.1, 0.15) is 0 Å². The molecule has 134 valence electrons. The van der Waals surface area contributed by atoms with Crippen LogP contribution in [0.2, 0.25) is 0 Å². The molecule has 0 bridgehead atoms. The van der Waals surface area contributed by atoms with Crippen LogP contribution in [0, 0.1) is 0 Å². The summed E-state index contributed by atoms with van der Waals surface area (Å²) in [7, 11) is 0. The molecular formula is C22H24N2O2. The van der Waals surface area contributed by atoms with Gasteiger partial charge in [-0.05, 0) is 28.8 Å². The van der Waals surface area contributed by atoms with Gasteiger partial charge in [0.05, 0.1) is 19.1 Å². The number of rotatable bonds is 7. The molecule has 4 nitrogen and oxygen atoms in total. The molecule has 0 saturated heterocycles. The Morgan fingerprint density at radius 2 is 1.92 bits per heavy atom. The number of fused-ring (bicyclic) bond motifs is 1. The van der Waals surface area contributed by atoms with Crippen LogP contribution in [-0.2, 0) is 11.2 Å². The Kier molecular flexibility index (Phi) is 5.97. The Balaban J connectivity index is 1.71. The standard InChI is InChI=1S/C22H24N2O2/c1-2-12-24(16-21(25)20-8-5-11-23-15-20)22(26)14-17-9-10-18-6-3-4-7-19(18)13-17/h3-11,13,15,21,25H,2,12,14,16H2,1H3/t21-/m1/s1. The molecule has 0 saturated carbocycles. The van der Waals surface area contributed by atoms with E-state index in [-0.39, 0.29) is 12.5 Å². The van der Waals surface area contributed by atoms with Crippen molar-refractivity contribution in [1.29, 1.82) is 0 Å². The van der Waals surface area contributed by atoms with E-state index in [1.54, 1.807) is 23.4 Å². The van der Waals surface area contributed by atoms with Crippen LogP contribution in [0.15, 0.2) is 67.0 Å². The van der Waals surface area contributed by atoms with Crippen LogP contribution >= 0.6 is 0 Å². The lowest BCUT2D eigenvalue weighted by Crippen LogP contribution is -2.36. The van der Waals surface area contributed by atoms with Gasteiger partial charge in [-0.25, -0.2) is 0 Å². The van der Waals surface area contributed by atoms with E-state index >= 15 is 0 Å². The van der Waals surface area contributed by atoms with Crippen molar-refractivity contribution in [3.05, 3.63) is 78.1 Å². The van der Waals surface area contributed by atoms with Crippen LogP contribution < -0.4 is 0 Å². The lowest BCUT2D eigenvalue weighted by molar-refractivity contribution is -0.132. The van der Waals surface area contributed by atoms with E-state index < -0.39 is 6.10 Å². The Morgan fingerprint density at radius 3 is 2.65 bits per heavy atom. The first-order chi connectivity index (χ1) is 12.7. The Hall–Kier alpha value is -2.72. The number of aliphatic hydroxyl groups excluding tert-OH is 1. The fraction of sp³-hybridized carbons (Fsp3) is 0.273. The summed E-state index contributed by atoms with van der Waals surface area (Å²) < 4.78 is 0. The predicted molar refractivity (Wildman–Crippen MR) is 104 cm³/mol. The van der Waals surface area contributed by atoms with Crippen molar-refractivity contribution in [3.8, 4) is 0 Å². The maximum Gasteiger partial charge on any atom is 0.227 e. The minimum Gasteiger partial charge on any atom is -0.386 e. The summed E-state index contributed by atoms with van der Waals surface area (Å²) in [4.78, 5) is 18.6. The SMILES string of the molecule is CCCN(C[C@@H](O)c1cccnc1)C(=O)Cc1ccc2ccccc2c1. The van der Waals surface area contributed by atoms with Gasteiger partial charge < -0.3 is 10.0 Å². The second-order valence-electron chi connectivity index (χ2n) is 6.50. The highest BCUT2D eigenvalue weighted by atomic mass is 16.3. The number of hydrogen-bond acceptors (Lipinski definition) is 3. The molecule has 1 N–H and O–H groups in total. The van der Waals surface area contributed by atoms with Gasteiger partial charge in [-0.3, -0.25) is 9.78 Å². The number of amides is 1. The van der Waals surface area contributed by atoms with Gasteiger partial charge in [0.25, 0.3) is 0 Å².